The molecule has 4 nitrogen and oxygen atoms in total. The van der Waals surface area contributed by atoms with Gasteiger partial charge in [-0.1, -0.05) is 94.9 Å². The Labute approximate surface area is 197 Å². The van der Waals surface area contributed by atoms with Gasteiger partial charge in [-0.15, -0.1) is 0 Å². The number of allylic oxidation sites excluding steroid dienone is 1. The molecule has 182 valence electrons. The van der Waals surface area contributed by atoms with Gasteiger partial charge in [0.05, 0.1) is 6.10 Å². The van der Waals surface area contributed by atoms with Crippen molar-refractivity contribution in [1.82, 2.24) is 0 Å². The number of hydrogen-bond acceptors (Lipinski definition) is 3. The molecule has 1 rings (SSSR count). The van der Waals surface area contributed by atoms with E-state index in [0.717, 1.165) is 12.1 Å². The zero-order valence-electron chi connectivity index (χ0n) is 21.3. The highest BCUT2D eigenvalue weighted by molar-refractivity contribution is 5.99. The minimum absolute atomic E-state index is 0.0280. The number of carbonyl (C=O) groups excluding carboxylic acids is 2. The topological polar surface area (TPSA) is 55.4 Å². The number of unbranched alkanes of at least 4 members (excludes halogenated alkanes) is 10. The van der Waals surface area contributed by atoms with Gasteiger partial charge in [0, 0.05) is 12.1 Å². The number of benzene rings is 1. The lowest BCUT2D eigenvalue weighted by molar-refractivity contribution is -0.147. The van der Waals surface area contributed by atoms with Gasteiger partial charge in [0.1, 0.15) is 0 Å². The number of rotatable bonds is 15. The summed E-state index contributed by atoms with van der Waals surface area (Å²) in [6, 6.07) is 7.70. The third-order valence-electron chi connectivity index (χ3n) is 4.99. The summed E-state index contributed by atoms with van der Waals surface area (Å²) in [7, 11) is 0. The summed E-state index contributed by atoms with van der Waals surface area (Å²) in [4.78, 5) is 22.4. The second-order valence-corrected chi connectivity index (χ2v) is 8.68. The van der Waals surface area contributed by atoms with Crippen molar-refractivity contribution in [2.24, 2.45) is 0 Å². The lowest BCUT2D eigenvalue weighted by Crippen LogP contribution is -2.10. The van der Waals surface area contributed by atoms with Crippen LogP contribution in [-0.2, 0) is 14.3 Å². The molecule has 0 saturated heterocycles. The molecule has 32 heavy (non-hydrogen) atoms. The van der Waals surface area contributed by atoms with E-state index < -0.39 is 0 Å². The zero-order valence-corrected chi connectivity index (χ0v) is 21.3. The van der Waals surface area contributed by atoms with E-state index in [4.69, 9.17) is 4.74 Å². The van der Waals surface area contributed by atoms with Crippen LogP contribution in [0, 0.1) is 6.92 Å². The Morgan fingerprint density at radius 1 is 0.875 bits per heavy atom. The van der Waals surface area contributed by atoms with Gasteiger partial charge in [-0.05, 0) is 52.3 Å². The number of amides is 1. The first-order valence-electron chi connectivity index (χ1n) is 12.6. The maximum atomic E-state index is 11.3. The number of aryl methyl sites for hydroxylation is 1. The highest BCUT2D eigenvalue weighted by Gasteiger charge is 2.04. The van der Waals surface area contributed by atoms with Crippen LogP contribution in [0.25, 0.3) is 0 Å². The molecule has 0 aromatic heterocycles. The van der Waals surface area contributed by atoms with Crippen molar-refractivity contribution >= 4 is 17.6 Å². The van der Waals surface area contributed by atoms with Gasteiger partial charge in [0.25, 0.3) is 0 Å². The van der Waals surface area contributed by atoms with Crippen molar-refractivity contribution in [3.63, 3.8) is 0 Å². The van der Waals surface area contributed by atoms with Gasteiger partial charge in [-0.3, -0.25) is 9.59 Å². The molecule has 1 N–H and O–H groups in total. The summed E-state index contributed by atoms with van der Waals surface area (Å²) in [6.45, 7) is 9.89. The van der Waals surface area contributed by atoms with Crippen molar-refractivity contribution in [1.29, 1.82) is 0 Å². The summed E-state index contributed by atoms with van der Waals surface area (Å²) in [5.41, 5.74) is 2.01. The van der Waals surface area contributed by atoms with E-state index in [1.807, 2.05) is 52.0 Å². The lowest BCUT2D eigenvalue weighted by Gasteiger charge is -2.07. The van der Waals surface area contributed by atoms with Crippen LogP contribution >= 0.6 is 0 Å². The Morgan fingerprint density at radius 3 is 1.84 bits per heavy atom. The predicted molar refractivity (Wildman–Crippen MR) is 137 cm³/mol. The third-order valence-corrected chi connectivity index (χ3v) is 4.99. The summed E-state index contributed by atoms with van der Waals surface area (Å²) in [5.74, 6) is -0.128. The number of carbonyl (C=O) groups is 2. The van der Waals surface area contributed by atoms with Crippen molar-refractivity contribution in [3.05, 3.63) is 42.0 Å². The highest BCUT2D eigenvalue weighted by Crippen LogP contribution is 2.12. The minimum Gasteiger partial charge on any atom is -0.463 e. The van der Waals surface area contributed by atoms with Gasteiger partial charge in [-0.2, -0.15) is 0 Å². The fourth-order valence-electron chi connectivity index (χ4n) is 3.23. The molecule has 0 aliphatic rings. The average Bonchev–Trinajstić information content (AvgIpc) is 2.74. The molecule has 0 saturated carbocycles. The van der Waals surface area contributed by atoms with Crippen LogP contribution in [0.3, 0.4) is 0 Å². The second kappa shape index (κ2) is 20.8. The first kappa shape index (κ1) is 29.9. The normalized spacial score (nSPS) is 10.7. The van der Waals surface area contributed by atoms with E-state index in [-0.39, 0.29) is 18.0 Å². The molecule has 1 aromatic rings. The Kier molecular flexibility index (Phi) is 19.4. The van der Waals surface area contributed by atoms with E-state index >= 15 is 0 Å². The Morgan fingerprint density at radius 2 is 1.38 bits per heavy atom. The molecule has 1 aromatic carbocycles. The first-order valence-corrected chi connectivity index (χ1v) is 12.6. The summed E-state index contributed by atoms with van der Waals surface area (Å²) < 4.78 is 5.10. The van der Waals surface area contributed by atoms with E-state index in [1.54, 1.807) is 6.08 Å². The van der Waals surface area contributed by atoms with Crippen LogP contribution < -0.4 is 5.32 Å². The van der Waals surface area contributed by atoms with Crippen molar-refractivity contribution < 1.29 is 14.3 Å². The molecule has 0 heterocycles. The number of anilines is 1. The molecule has 1 amide bonds. The van der Waals surface area contributed by atoms with Gasteiger partial charge in [-0.25, -0.2) is 0 Å². The number of hydrogen-bond donors (Lipinski definition) is 1. The molecule has 0 aliphatic carbocycles. The van der Waals surface area contributed by atoms with E-state index in [1.165, 1.54) is 75.8 Å². The van der Waals surface area contributed by atoms with Crippen LogP contribution in [0.1, 0.15) is 110 Å². The van der Waals surface area contributed by atoms with Gasteiger partial charge < -0.3 is 10.1 Å². The van der Waals surface area contributed by atoms with E-state index in [9.17, 15) is 9.59 Å². The number of esters is 1. The zero-order chi connectivity index (χ0) is 24.0. The SMILES string of the molecule is C/C=C/C(=O)Nc1ccc(C)cc1.CCCCCCCCCCCCCC(=O)OC(C)C. The van der Waals surface area contributed by atoms with Gasteiger partial charge in [0.15, 0.2) is 0 Å². The third kappa shape index (κ3) is 19.8. The van der Waals surface area contributed by atoms with Crippen LogP contribution in [0.4, 0.5) is 5.69 Å². The maximum Gasteiger partial charge on any atom is 0.306 e. The molecule has 0 spiro atoms. The second-order valence-electron chi connectivity index (χ2n) is 8.68. The van der Waals surface area contributed by atoms with Crippen LogP contribution in [0.15, 0.2) is 36.4 Å². The highest BCUT2D eigenvalue weighted by atomic mass is 16.5. The smallest absolute Gasteiger partial charge is 0.306 e. The van der Waals surface area contributed by atoms with Crippen molar-refractivity contribution in [2.75, 3.05) is 5.32 Å². The lowest BCUT2D eigenvalue weighted by atomic mass is 10.1. The van der Waals surface area contributed by atoms with Gasteiger partial charge in [0.2, 0.25) is 5.91 Å². The van der Waals surface area contributed by atoms with Crippen LogP contribution in [-0.4, -0.2) is 18.0 Å². The minimum atomic E-state index is -0.0913. The molecular weight excluding hydrogens is 398 g/mol. The van der Waals surface area contributed by atoms with E-state index in [0.29, 0.717) is 6.42 Å². The van der Waals surface area contributed by atoms with Crippen LogP contribution in [0.5, 0.6) is 0 Å². The molecule has 0 atom stereocenters. The Hall–Kier alpha value is -2.10. The van der Waals surface area contributed by atoms with Crippen LogP contribution in [0.2, 0.25) is 0 Å². The van der Waals surface area contributed by atoms with Crippen molar-refractivity contribution in [2.45, 2.75) is 118 Å². The quantitative estimate of drug-likeness (QED) is 0.168. The monoisotopic (exact) mass is 445 g/mol. The summed E-state index contributed by atoms with van der Waals surface area (Å²) in [6.07, 6.45) is 18.3. The molecule has 4 heteroatoms. The summed E-state index contributed by atoms with van der Waals surface area (Å²) >= 11 is 0. The Balaban J connectivity index is 0.000000641. The Bertz CT molecular complexity index is 620. The van der Waals surface area contributed by atoms with Gasteiger partial charge >= 0.3 is 5.97 Å². The largest absolute Gasteiger partial charge is 0.463 e. The van der Waals surface area contributed by atoms with Crippen molar-refractivity contribution in [3.8, 4) is 0 Å². The molecule has 0 aliphatic heterocycles. The number of ether oxygens (including phenoxy) is 1. The fourth-order valence-corrected chi connectivity index (χ4v) is 3.23. The van der Waals surface area contributed by atoms with E-state index in [2.05, 4.69) is 12.2 Å². The fraction of sp³-hybridized carbons (Fsp3) is 0.643. The molecular formula is C28H47NO3. The predicted octanol–water partition coefficient (Wildman–Crippen LogP) is 8.15. The molecule has 0 unspecified atom stereocenters. The standard InChI is InChI=1S/C17H34O2.C11H13NO/c1-4-5-6-7-8-9-10-11-12-13-14-15-17(18)19-16(2)3;1-3-4-11(13)12-10-7-5-9(2)6-8-10/h16H,4-15H2,1-3H3;3-8H,1-2H3,(H,12,13)/b;4-3+. The molecule has 0 radical (unpaired) electrons. The first-order chi connectivity index (χ1) is 15.4. The molecule has 0 fully saturated rings. The summed E-state index contributed by atoms with van der Waals surface area (Å²) in [5, 5.41) is 2.74. The number of nitrogens with one attached hydrogen (secondary N) is 1. The maximum absolute atomic E-state index is 11.3. The molecule has 0 bridgehead atoms. The average molecular weight is 446 g/mol.